The molecule has 4 nitrogen and oxygen atoms in total. The number of hydrogen-bond donors (Lipinski definition) is 0. The second-order valence-corrected chi connectivity index (χ2v) is 9.65. The maximum absolute atomic E-state index is 13.1. The predicted octanol–water partition coefficient (Wildman–Crippen LogP) is 3.77. The van der Waals surface area contributed by atoms with E-state index in [-0.39, 0.29) is 16.7 Å². The fourth-order valence-electron chi connectivity index (χ4n) is 3.71. The van der Waals surface area contributed by atoms with Crippen LogP contribution in [0.5, 0.6) is 0 Å². The lowest BCUT2D eigenvalue weighted by molar-refractivity contribution is -0.140. The number of amides is 2. The molecule has 0 aromatic heterocycles. The fourth-order valence-corrected chi connectivity index (χ4v) is 5.28. The number of nitrogens with zero attached hydrogens (tertiary/aromatic N) is 2. The summed E-state index contributed by atoms with van der Waals surface area (Å²) in [7, 11) is 0. The molecule has 0 radical (unpaired) electrons. The summed E-state index contributed by atoms with van der Waals surface area (Å²) in [4.78, 5) is 29.5. The van der Waals surface area contributed by atoms with Crippen LogP contribution >= 0.6 is 23.4 Å². The van der Waals surface area contributed by atoms with Crippen molar-refractivity contribution in [3.05, 3.63) is 35.4 Å². The van der Waals surface area contributed by atoms with Crippen LogP contribution in [0, 0.1) is 12.3 Å². The first-order valence-corrected chi connectivity index (χ1v) is 10.7. The van der Waals surface area contributed by atoms with Crippen molar-refractivity contribution in [1.82, 2.24) is 9.80 Å². The minimum atomic E-state index is -0.535. The third-order valence-electron chi connectivity index (χ3n) is 5.47. The lowest BCUT2D eigenvalue weighted by Gasteiger charge is -2.45. The van der Waals surface area contributed by atoms with Crippen molar-refractivity contribution in [2.45, 2.75) is 38.5 Å². The summed E-state index contributed by atoms with van der Waals surface area (Å²) in [5, 5.41) is 0. The SMILES string of the molecule is Cc1ccc(C(=O)N2CCSC23CCN(C(=O)C(C)(C)CCl)CC3)cc1. The van der Waals surface area contributed by atoms with Gasteiger partial charge in [0.05, 0.1) is 10.3 Å². The molecule has 2 saturated heterocycles. The van der Waals surface area contributed by atoms with Crippen LogP contribution in [0.4, 0.5) is 0 Å². The first-order valence-electron chi connectivity index (χ1n) is 9.17. The number of carbonyl (C=O) groups excluding carboxylic acids is 2. The molecule has 2 aliphatic rings. The third kappa shape index (κ3) is 3.61. The minimum absolute atomic E-state index is 0.107. The fraction of sp³-hybridized carbons (Fsp3) is 0.600. The number of aryl methyl sites for hydroxylation is 1. The Morgan fingerprint density at radius 2 is 1.77 bits per heavy atom. The van der Waals surface area contributed by atoms with E-state index in [1.54, 1.807) is 0 Å². The van der Waals surface area contributed by atoms with E-state index in [2.05, 4.69) is 0 Å². The molecule has 2 amide bonds. The van der Waals surface area contributed by atoms with E-state index in [1.165, 1.54) is 0 Å². The number of rotatable bonds is 3. The third-order valence-corrected chi connectivity index (χ3v) is 7.69. The highest BCUT2D eigenvalue weighted by Gasteiger charge is 2.48. The van der Waals surface area contributed by atoms with Gasteiger partial charge in [-0.1, -0.05) is 17.7 Å². The van der Waals surface area contributed by atoms with Crippen molar-refractivity contribution in [3.8, 4) is 0 Å². The molecule has 1 spiro atoms. The predicted molar refractivity (Wildman–Crippen MR) is 108 cm³/mol. The zero-order chi connectivity index (χ0) is 18.9. The summed E-state index contributed by atoms with van der Waals surface area (Å²) < 4.78 is 0. The molecule has 0 unspecified atom stereocenters. The van der Waals surface area contributed by atoms with Gasteiger partial charge in [0.25, 0.3) is 5.91 Å². The molecule has 0 saturated carbocycles. The van der Waals surface area contributed by atoms with Gasteiger partial charge in [0.2, 0.25) is 5.91 Å². The van der Waals surface area contributed by atoms with Gasteiger partial charge in [-0.05, 0) is 45.7 Å². The lowest BCUT2D eigenvalue weighted by Crippen LogP contribution is -2.55. The zero-order valence-corrected chi connectivity index (χ0v) is 17.3. The molecule has 2 fully saturated rings. The Labute approximate surface area is 165 Å². The van der Waals surface area contributed by atoms with Crippen LogP contribution in [0.1, 0.15) is 42.6 Å². The van der Waals surface area contributed by atoms with Gasteiger partial charge in [0.15, 0.2) is 0 Å². The van der Waals surface area contributed by atoms with Crippen LogP contribution in [-0.2, 0) is 4.79 Å². The highest BCUT2D eigenvalue weighted by Crippen LogP contribution is 2.45. The van der Waals surface area contributed by atoms with Crippen molar-refractivity contribution in [3.63, 3.8) is 0 Å². The molecular formula is C20H27ClN2O2S. The molecule has 1 aromatic carbocycles. The largest absolute Gasteiger partial charge is 0.342 e. The number of benzene rings is 1. The van der Waals surface area contributed by atoms with E-state index in [9.17, 15) is 9.59 Å². The average molecular weight is 395 g/mol. The molecule has 0 aliphatic carbocycles. The first kappa shape index (κ1) is 19.6. The number of hydrogen-bond acceptors (Lipinski definition) is 3. The summed E-state index contributed by atoms with van der Waals surface area (Å²) in [6.45, 7) is 7.96. The number of alkyl halides is 1. The lowest BCUT2D eigenvalue weighted by atomic mass is 9.92. The standard InChI is InChI=1S/C20H27ClN2O2S/c1-15-4-6-16(7-5-15)17(24)23-12-13-26-20(23)8-10-22(11-9-20)18(25)19(2,3)14-21/h4-7H,8-14H2,1-3H3. The topological polar surface area (TPSA) is 40.6 Å². The van der Waals surface area contributed by atoms with Crippen molar-refractivity contribution in [2.75, 3.05) is 31.3 Å². The van der Waals surface area contributed by atoms with Gasteiger partial charge < -0.3 is 9.80 Å². The molecule has 3 rings (SSSR count). The van der Waals surface area contributed by atoms with Crippen LogP contribution in [-0.4, -0.2) is 57.8 Å². The van der Waals surface area contributed by atoms with Gasteiger partial charge in [-0.3, -0.25) is 9.59 Å². The number of piperidine rings is 1. The van der Waals surface area contributed by atoms with Gasteiger partial charge >= 0.3 is 0 Å². The highest BCUT2D eigenvalue weighted by molar-refractivity contribution is 8.00. The van der Waals surface area contributed by atoms with E-state index in [0.717, 1.165) is 36.3 Å². The molecule has 26 heavy (non-hydrogen) atoms. The minimum Gasteiger partial charge on any atom is -0.342 e. The maximum Gasteiger partial charge on any atom is 0.254 e. The van der Waals surface area contributed by atoms with Crippen molar-refractivity contribution in [2.24, 2.45) is 5.41 Å². The summed E-state index contributed by atoms with van der Waals surface area (Å²) in [5.41, 5.74) is 1.37. The Balaban J connectivity index is 1.71. The van der Waals surface area contributed by atoms with E-state index in [4.69, 9.17) is 11.6 Å². The Bertz CT molecular complexity index is 682. The molecule has 0 atom stereocenters. The molecule has 2 aliphatic heterocycles. The number of thioether (sulfide) groups is 1. The van der Waals surface area contributed by atoms with Crippen LogP contribution < -0.4 is 0 Å². The molecule has 0 bridgehead atoms. The van der Waals surface area contributed by atoms with Gasteiger partial charge in [0.1, 0.15) is 0 Å². The number of likely N-dealkylation sites (tertiary alicyclic amines) is 1. The van der Waals surface area contributed by atoms with Crippen LogP contribution in [0.3, 0.4) is 0 Å². The molecule has 142 valence electrons. The van der Waals surface area contributed by atoms with Gasteiger partial charge in [0, 0.05) is 36.8 Å². The summed E-state index contributed by atoms with van der Waals surface area (Å²) in [6, 6.07) is 7.79. The van der Waals surface area contributed by atoms with Crippen LogP contribution in [0.2, 0.25) is 0 Å². The second kappa shape index (κ2) is 7.43. The van der Waals surface area contributed by atoms with Gasteiger partial charge in [-0.25, -0.2) is 0 Å². The van der Waals surface area contributed by atoms with Crippen molar-refractivity contribution in [1.29, 1.82) is 0 Å². The average Bonchev–Trinajstić information content (AvgIpc) is 3.05. The Morgan fingerprint density at radius 1 is 1.15 bits per heavy atom. The summed E-state index contributed by atoms with van der Waals surface area (Å²) in [6.07, 6.45) is 1.64. The normalized spacial score (nSPS) is 19.8. The number of halogens is 1. The molecular weight excluding hydrogens is 368 g/mol. The Hall–Kier alpha value is -1.20. The van der Waals surface area contributed by atoms with Crippen LogP contribution in [0.15, 0.2) is 24.3 Å². The monoisotopic (exact) mass is 394 g/mol. The Kier molecular flexibility index (Phi) is 5.59. The molecule has 6 heteroatoms. The maximum atomic E-state index is 13.1. The number of carbonyl (C=O) groups is 2. The van der Waals surface area contributed by atoms with E-state index in [0.29, 0.717) is 19.0 Å². The zero-order valence-electron chi connectivity index (χ0n) is 15.8. The molecule has 2 heterocycles. The van der Waals surface area contributed by atoms with Gasteiger partial charge in [-0.15, -0.1) is 23.4 Å². The quantitative estimate of drug-likeness (QED) is 0.733. The molecule has 1 aromatic rings. The van der Waals surface area contributed by atoms with Crippen molar-refractivity contribution < 1.29 is 9.59 Å². The van der Waals surface area contributed by atoms with E-state index < -0.39 is 5.41 Å². The smallest absolute Gasteiger partial charge is 0.254 e. The molecule has 0 N–H and O–H groups in total. The van der Waals surface area contributed by atoms with Gasteiger partial charge in [-0.2, -0.15) is 0 Å². The second-order valence-electron chi connectivity index (χ2n) is 7.93. The highest BCUT2D eigenvalue weighted by atomic mass is 35.5. The van der Waals surface area contributed by atoms with E-state index in [1.807, 2.05) is 66.6 Å². The first-order chi connectivity index (χ1) is 12.3. The Morgan fingerprint density at radius 3 is 2.35 bits per heavy atom. The van der Waals surface area contributed by atoms with E-state index >= 15 is 0 Å². The summed E-state index contributed by atoms with van der Waals surface area (Å²) >= 11 is 7.83. The summed E-state index contributed by atoms with van der Waals surface area (Å²) in [5.74, 6) is 1.50. The van der Waals surface area contributed by atoms with Crippen molar-refractivity contribution >= 4 is 35.2 Å². The van der Waals surface area contributed by atoms with Crippen LogP contribution in [0.25, 0.3) is 0 Å².